The molecule has 0 amide bonds. The van der Waals surface area contributed by atoms with Crippen molar-refractivity contribution in [2.75, 3.05) is 6.54 Å². The molecule has 82 valence electrons. The summed E-state index contributed by atoms with van der Waals surface area (Å²) in [6, 6.07) is 4.22. The van der Waals surface area contributed by atoms with Crippen LogP contribution < -0.4 is 5.32 Å². The van der Waals surface area contributed by atoms with Gasteiger partial charge in [0.1, 0.15) is 0 Å². The molecule has 0 saturated carbocycles. The van der Waals surface area contributed by atoms with Crippen LogP contribution in [-0.2, 0) is 5.54 Å². The number of rotatable bonds is 1. The molecule has 1 aromatic heterocycles. The van der Waals surface area contributed by atoms with E-state index in [9.17, 15) is 0 Å². The number of nitrogens with zero attached hydrogens (tertiary/aromatic N) is 1. The van der Waals surface area contributed by atoms with Crippen molar-refractivity contribution < 1.29 is 0 Å². The van der Waals surface area contributed by atoms with E-state index in [1.807, 2.05) is 18.5 Å². The fourth-order valence-electron chi connectivity index (χ4n) is 2.68. The molecule has 15 heavy (non-hydrogen) atoms. The molecule has 1 aliphatic heterocycles. The van der Waals surface area contributed by atoms with E-state index in [4.69, 9.17) is 0 Å². The maximum absolute atomic E-state index is 4.25. The zero-order chi connectivity index (χ0) is 10.9. The molecular weight excluding hydrogens is 184 g/mol. The number of hydrogen-bond acceptors (Lipinski definition) is 2. The number of pyridine rings is 1. The predicted molar refractivity (Wildman–Crippen MR) is 62.6 cm³/mol. The van der Waals surface area contributed by atoms with Crippen molar-refractivity contribution in [1.29, 1.82) is 0 Å². The molecule has 0 aromatic carbocycles. The molecule has 1 aliphatic rings. The Kier molecular flexibility index (Phi) is 2.55. The molecule has 0 spiro atoms. The predicted octanol–water partition coefficient (Wildman–Crippen LogP) is 2.71. The third-order valence-electron chi connectivity index (χ3n) is 3.59. The molecule has 1 saturated heterocycles. The summed E-state index contributed by atoms with van der Waals surface area (Å²) in [5, 5.41) is 3.69. The quantitative estimate of drug-likeness (QED) is 0.760. The minimum Gasteiger partial charge on any atom is -0.307 e. The Morgan fingerprint density at radius 2 is 2.20 bits per heavy atom. The lowest BCUT2D eigenvalue weighted by molar-refractivity contribution is 0.160. The lowest BCUT2D eigenvalue weighted by Crippen LogP contribution is -2.48. The highest BCUT2D eigenvalue weighted by Crippen LogP contribution is 2.44. The lowest BCUT2D eigenvalue weighted by atomic mass is 9.69. The first kappa shape index (κ1) is 10.6. The first-order chi connectivity index (χ1) is 7.06. The average molecular weight is 204 g/mol. The summed E-state index contributed by atoms with van der Waals surface area (Å²) in [6.07, 6.45) is 6.31. The summed E-state index contributed by atoms with van der Waals surface area (Å²) in [4.78, 5) is 4.25. The fourth-order valence-corrected chi connectivity index (χ4v) is 2.68. The van der Waals surface area contributed by atoms with Gasteiger partial charge in [0.25, 0.3) is 0 Å². The first-order valence-electron chi connectivity index (χ1n) is 5.72. The van der Waals surface area contributed by atoms with Crippen molar-refractivity contribution in [1.82, 2.24) is 10.3 Å². The molecule has 2 nitrogen and oxygen atoms in total. The van der Waals surface area contributed by atoms with Crippen molar-refractivity contribution in [2.45, 2.75) is 39.2 Å². The van der Waals surface area contributed by atoms with Gasteiger partial charge in [-0.2, -0.15) is 0 Å². The maximum Gasteiger partial charge on any atom is 0.0499 e. The van der Waals surface area contributed by atoms with Crippen LogP contribution in [0.25, 0.3) is 0 Å². The molecule has 0 bridgehead atoms. The molecule has 1 unspecified atom stereocenters. The molecule has 1 fully saturated rings. The normalized spacial score (nSPS) is 26.9. The highest BCUT2D eigenvalue weighted by Gasteiger charge is 2.45. The Hall–Kier alpha value is -0.890. The Morgan fingerprint density at radius 1 is 1.40 bits per heavy atom. The van der Waals surface area contributed by atoms with Crippen LogP contribution in [-0.4, -0.2) is 11.5 Å². The number of nitrogens with one attached hydrogen (secondary N) is 1. The second kappa shape index (κ2) is 3.60. The van der Waals surface area contributed by atoms with E-state index < -0.39 is 0 Å². The van der Waals surface area contributed by atoms with E-state index in [1.165, 1.54) is 18.4 Å². The van der Waals surface area contributed by atoms with Gasteiger partial charge in [-0.1, -0.05) is 26.8 Å². The van der Waals surface area contributed by atoms with Crippen LogP contribution in [0.2, 0.25) is 0 Å². The van der Waals surface area contributed by atoms with E-state index in [1.54, 1.807) is 0 Å². The lowest BCUT2D eigenvalue weighted by Gasteiger charge is -2.42. The SMILES string of the molecule is CC(C)(C)C1(c2cccnc2)CCCN1. The van der Waals surface area contributed by atoms with Crippen molar-refractivity contribution >= 4 is 0 Å². The minimum absolute atomic E-state index is 0.112. The molecule has 2 heteroatoms. The third-order valence-corrected chi connectivity index (χ3v) is 3.59. The fraction of sp³-hybridized carbons (Fsp3) is 0.615. The molecule has 1 aromatic rings. The van der Waals surface area contributed by atoms with Gasteiger partial charge in [-0.3, -0.25) is 4.98 Å². The molecule has 2 heterocycles. The van der Waals surface area contributed by atoms with Crippen molar-refractivity contribution in [3.63, 3.8) is 0 Å². The van der Waals surface area contributed by atoms with E-state index in [2.05, 4.69) is 37.1 Å². The van der Waals surface area contributed by atoms with Gasteiger partial charge in [-0.15, -0.1) is 0 Å². The van der Waals surface area contributed by atoms with Crippen molar-refractivity contribution in [3.05, 3.63) is 30.1 Å². The summed E-state index contributed by atoms with van der Waals surface area (Å²) in [6.45, 7) is 8.03. The van der Waals surface area contributed by atoms with Crippen molar-refractivity contribution in [3.8, 4) is 0 Å². The molecule has 0 aliphatic carbocycles. The van der Waals surface area contributed by atoms with Crippen LogP contribution >= 0.6 is 0 Å². The molecule has 0 radical (unpaired) electrons. The summed E-state index contributed by atoms with van der Waals surface area (Å²) < 4.78 is 0. The highest BCUT2D eigenvalue weighted by atomic mass is 15.0. The summed E-state index contributed by atoms with van der Waals surface area (Å²) >= 11 is 0. The van der Waals surface area contributed by atoms with Crippen LogP contribution in [0.4, 0.5) is 0 Å². The van der Waals surface area contributed by atoms with E-state index in [-0.39, 0.29) is 11.0 Å². The second-order valence-electron chi connectivity index (χ2n) is 5.43. The standard InChI is InChI=1S/C13H20N2/c1-12(2,3)13(7-5-9-15-13)11-6-4-8-14-10-11/h4,6,8,10,15H,5,7,9H2,1-3H3. The molecule has 2 rings (SSSR count). The number of aromatic nitrogens is 1. The molecule has 1 atom stereocenters. The van der Waals surface area contributed by atoms with Crippen molar-refractivity contribution in [2.24, 2.45) is 5.41 Å². The average Bonchev–Trinajstić information content (AvgIpc) is 2.68. The van der Waals surface area contributed by atoms with Gasteiger partial charge in [0.15, 0.2) is 0 Å². The Labute approximate surface area is 92.1 Å². The van der Waals surface area contributed by atoms with Gasteiger partial charge >= 0.3 is 0 Å². The van der Waals surface area contributed by atoms with E-state index in [0.29, 0.717) is 0 Å². The van der Waals surface area contributed by atoms with Gasteiger partial charge in [0.2, 0.25) is 0 Å². The van der Waals surface area contributed by atoms with Crippen LogP contribution in [0, 0.1) is 5.41 Å². The van der Waals surface area contributed by atoms with Crippen LogP contribution in [0.5, 0.6) is 0 Å². The Morgan fingerprint density at radius 3 is 2.67 bits per heavy atom. The first-order valence-corrected chi connectivity index (χ1v) is 5.72. The zero-order valence-corrected chi connectivity index (χ0v) is 9.88. The Bertz CT molecular complexity index is 318. The number of hydrogen-bond donors (Lipinski definition) is 1. The largest absolute Gasteiger partial charge is 0.307 e. The zero-order valence-electron chi connectivity index (χ0n) is 9.88. The minimum atomic E-state index is 0.112. The topological polar surface area (TPSA) is 24.9 Å². The van der Waals surface area contributed by atoms with Gasteiger partial charge in [-0.25, -0.2) is 0 Å². The van der Waals surface area contributed by atoms with Gasteiger partial charge in [0, 0.05) is 17.9 Å². The molecular formula is C13H20N2. The highest BCUT2D eigenvalue weighted by molar-refractivity contribution is 5.25. The van der Waals surface area contributed by atoms with Crippen LogP contribution in [0.3, 0.4) is 0 Å². The maximum atomic E-state index is 4.25. The van der Waals surface area contributed by atoms with Crippen LogP contribution in [0.1, 0.15) is 39.2 Å². The van der Waals surface area contributed by atoms with E-state index >= 15 is 0 Å². The third kappa shape index (κ3) is 1.67. The summed E-state index contributed by atoms with van der Waals surface area (Å²) in [5.41, 5.74) is 1.67. The van der Waals surface area contributed by atoms with E-state index in [0.717, 1.165) is 6.54 Å². The second-order valence-corrected chi connectivity index (χ2v) is 5.43. The smallest absolute Gasteiger partial charge is 0.0499 e. The monoisotopic (exact) mass is 204 g/mol. The summed E-state index contributed by atoms with van der Waals surface area (Å²) in [5.74, 6) is 0. The Balaban J connectivity index is 2.44. The van der Waals surface area contributed by atoms with Crippen LogP contribution in [0.15, 0.2) is 24.5 Å². The van der Waals surface area contributed by atoms with Gasteiger partial charge in [-0.05, 0) is 36.4 Å². The van der Waals surface area contributed by atoms with Gasteiger partial charge in [0.05, 0.1) is 0 Å². The molecule has 1 N–H and O–H groups in total. The summed E-state index contributed by atoms with van der Waals surface area (Å²) in [7, 11) is 0. The van der Waals surface area contributed by atoms with Gasteiger partial charge < -0.3 is 5.32 Å².